The molecule has 0 aromatic heterocycles. The maximum absolute atomic E-state index is 10.7. The molecule has 0 spiro atoms. The second-order valence-corrected chi connectivity index (χ2v) is 5.27. The molecule has 2 aliphatic rings. The van der Waals surface area contributed by atoms with Crippen molar-refractivity contribution in [2.45, 2.75) is 69.8 Å². The van der Waals surface area contributed by atoms with Crippen molar-refractivity contribution in [1.29, 1.82) is 0 Å². The molecule has 15 heavy (non-hydrogen) atoms. The van der Waals surface area contributed by atoms with Crippen LogP contribution in [0, 0.1) is 0 Å². The number of ether oxygens (including phenoxy) is 1. The molecule has 3 unspecified atom stereocenters. The summed E-state index contributed by atoms with van der Waals surface area (Å²) in [5, 5.41) is 14.2. The first-order valence-electron chi connectivity index (χ1n) is 6.21. The molecule has 0 saturated carbocycles. The summed E-state index contributed by atoms with van der Waals surface area (Å²) in [6.45, 7) is 5.17. The van der Waals surface area contributed by atoms with Gasteiger partial charge in [0.15, 0.2) is 0 Å². The Morgan fingerprint density at radius 1 is 1.20 bits per heavy atom. The summed E-state index contributed by atoms with van der Waals surface area (Å²) in [4.78, 5) is 0. The minimum absolute atomic E-state index is 0.183. The number of rotatable bonds is 1. The van der Waals surface area contributed by atoms with Crippen molar-refractivity contribution in [1.82, 2.24) is 5.32 Å². The molecule has 0 amide bonds. The standard InChI is InChI=1S/C12H23NO2/c1-9-7-12(14,8-10(2)15-9)11-5-3-4-6-13-11/h9-11,13-14H,3-8H2,1-2H3. The highest BCUT2D eigenvalue weighted by atomic mass is 16.5. The van der Waals surface area contributed by atoms with Crippen LogP contribution in [0.3, 0.4) is 0 Å². The van der Waals surface area contributed by atoms with Crippen LogP contribution in [0.5, 0.6) is 0 Å². The monoisotopic (exact) mass is 213 g/mol. The van der Waals surface area contributed by atoms with Gasteiger partial charge in [0.25, 0.3) is 0 Å². The zero-order chi connectivity index (χ0) is 10.9. The lowest BCUT2D eigenvalue weighted by molar-refractivity contribution is -0.147. The number of hydrogen-bond donors (Lipinski definition) is 2. The van der Waals surface area contributed by atoms with Crippen molar-refractivity contribution in [3.8, 4) is 0 Å². The summed E-state index contributed by atoms with van der Waals surface area (Å²) in [5.74, 6) is 0. The van der Waals surface area contributed by atoms with Gasteiger partial charge < -0.3 is 15.2 Å². The van der Waals surface area contributed by atoms with E-state index in [0.29, 0.717) is 0 Å². The summed E-state index contributed by atoms with van der Waals surface area (Å²) in [6.07, 6.45) is 5.50. The Hall–Kier alpha value is -0.120. The smallest absolute Gasteiger partial charge is 0.0849 e. The molecule has 0 aliphatic carbocycles. The lowest BCUT2D eigenvalue weighted by Gasteiger charge is -2.45. The minimum atomic E-state index is -0.544. The summed E-state index contributed by atoms with van der Waals surface area (Å²) >= 11 is 0. The van der Waals surface area contributed by atoms with Gasteiger partial charge in [-0.15, -0.1) is 0 Å². The van der Waals surface area contributed by atoms with E-state index in [2.05, 4.69) is 19.2 Å². The van der Waals surface area contributed by atoms with Crippen LogP contribution in [0.25, 0.3) is 0 Å². The van der Waals surface area contributed by atoms with Gasteiger partial charge in [0.1, 0.15) is 0 Å². The highest BCUT2D eigenvalue weighted by Crippen LogP contribution is 2.34. The fraction of sp³-hybridized carbons (Fsp3) is 1.00. The predicted octanol–water partition coefficient (Wildman–Crippen LogP) is 1.45. The van der Waals surface area contributed by atoms with Crippen LogP contribution in [-0.2, 0) is 4.74 Å². The number of nitrogens with one attached hydrogen (secondary N) is 1. The average molecular weight is 213 g/mol. The second kappa shape index (κ2) is 4.40. The van der Waals surface area contributed by atoms with Gasteiger partial charge in [0.05, 0.1) is 17.8 Å². The Balaban J connectivity index is 2.02. The largest absolute Gasteiger partial charge is 0.388 e. The molecule has 3 nitrogen and oxygen atoms in total. The molecule has 3 heteroatoms. The summed E-state index contributed by atoms with van der Waals surface area (Å²) in [6, 6.07) is 0.278. The fourth-order valence-corrected chi connectivity index (χ4v) is 3.17. The van der Waals surface area contributed by atoms with Crippen molar-refractivity contribution < 1.29 is 9.84 Å². The Morgan fingerprint density at radius 2 is 1.87 bits per heavy atom. The summed E-state index contributed by atoms with van der Waals surface area (Å²) in [7, 11) is 0. The lowest BCUT2D eigenvalue weighted by Crippen LogP contribution is -2.58. The first-order valence-corrected chi connectivity index (χ1v) is 6.21. The van der Waals surface area contributed by atoms with Gasteiger partial charge in [-0.05, 0) is 33.2 Å². The molecular formula is C12H23NO2. The summed E-state index contributed by atoms with van der Waals surface area (Å²) < 4.78 is 5.68. The van der Waals surface area contributed by atoms with Crippen molar-refractivity contribution in [2.24, 2.45) is 0 Å². The van der Waals surface area contributed by atoms with Crippen molar-refractivity contribution >= 4 is 0 Å². The molecule has 2 N–H and O–H groups in total. The van der Waals surface area contributed by atoms with E-state index in [0.717, 1.165) is 25.8 Å². The summed E-state index contributed by atoms with van der Waals surface area (Å²) in [5.41, 5.74) is -0.544. The predicted molar refractivity (Wildman–Crippen MR) is 59.8 cm³/mol. The maximum atomic E-state index is 10.7. The number of hydrogen-bond acceptors (Lipinski definition) is 3. The molecule has 2 heterocycles. The van der Waals surface area contributed by atoms with Crippen molar-refractivity contribution in [3.63, 3.8) is 0 Å². The fourth-order valence-electron chi connectivity index (χ4n) is 3.17. The highest BCUT2D eigenvalue weighted by molar-refractivity contribution is 4.98. The van der Waals surface area contributed by atoms with Crippen LogP contribution < -0.4 is 5.32 Å². The van der Waals surface area contributed by atoms with E-state index in [4.69, 9.17) is 4.74 Å². The zero-order valence-corrected chi connectivity index (χ0v) is 9.83. The first-order chi connectivity index (χ1) is 7.10. The molecule has 2 rings (SSSR count). The Bertz CT molecular complexity index is 204. The number of aliphatic hydroxyl groups is 1. The number of piperidine rings is 1. The van der Waals surface area contributed by atoms with E-state index in [1.54, 1.807) is 0 Å². The molecule has 2 saturated heterocycles. The van der Waals surface area contributed by atoms with Crippen LogP contribution in [0.2, 0.25) is 0 Å². The average Bonchev–Trinajstić information content (AvgIpc) is 2.17. The van der Waals surface area contributed by atoms with Gasteiger partial charge in [-0.25, -0.2) is 0 Å². The molecule has 0 aromatic carbocycles. The van der Waals surface area contributed by atoms with Crippen molar-refractivity contribution in [3.05, 3.63) is 0 Å². The second-order valence-electron chi connectivity index (χ2n) is 5.27. The molecule has 2 fully saturated rings. The Labute approximate surface area is 92.2 Å². The van der Waals surface area contributed by atoms with Crippen LogP contribution in [-0.4, -0.2) is 35.5 Å². The van der Waals surface area contributed by atoms with Gasteiger partial charge in [-0.1, -0.05) is 6.42 Å². The third-order valence-corrected chi connectivity index (χ3v) is 3.71. The van der Waals surface area contributed by atoms with Crippen LogP contribution >= 0.6 is 0 Å². The SMILES string of the molecule is CC1CC(O)(C2CCCCN2)CC(C)O1. The zero-order valence-electron chi connectivity index (χ0n) is 9.83. The molecule has 0 bridgehead atoms. The maximum Gasteiger partial charge on any atom is 0.0849 e. The highest BCUT2D eigenvalue weighted by Gasteiger charge is 2.43. The van der Waals surface area contributed by atoms with E-state index in [-0.39, 0.29) is 18.2 Å². The first kappa shape index (κ1) is 11.4. The molecule has 0 radical (unpaired) electrons. The van der Waals surface area contributed by atoms with Gasteiger partial charge in [-0.3, -0.25) is 0 Å². The van der Waals surface area contributed by atoms with Crippen molar-refractivity contribution in [2.75, 3.05) is 6.54 Å². The van der Waals surface area contributed by atoms with E-state index in [1.807, 2.05) is 0 Å². The Morgan fingerprint density at radius 3 is 2.40 bits per heavy atom. The third-order valence-electron chi connectivity index (χ3n) is 3.71. The normalized spacial score (nSPS) is 47.8. The Kier molecular flexibility index (Phi) is 3.33. The van der Waals surface area contributed by atoms with E-state index in [1.165, 1.54) is 12.8 Å². The van der Waals surface area contributed by atoms with Crippen LogP contribution in [0.1, 0.15) is 46.0 Å². The minimum Gasteiger partial charge on any atom is -0.388 e. The molecule has 3 atom stereocenters. The quantitative estimate of drug-likeness (QED) is 0.692. The van der Waals surface area contributed by atoms with E-state index < -0.39 is 5.60 Å². The molecular weight excluding hydrogens is 190 g/mol. The third kappa shape index (κ3) is 2.52. The van der Waals surface area contributed by atoms with Gasteiger partial charge in [0.2, 0.25) is 0 Å². The van der Waals surface area contributed by atoms with Gasteiger partial charge in [0, 0.05) is 18.9 Å². The molecule has 0 aromatic rings. The molecule has 88 valence electrons. The van der Waals surface area contributed by atoms with E-state index >= 15 is 0 Å². The van der Waals surface area contributed by atoms with Gasteiger partial charge >= 0.3 is 0 Å². The van der Waals surface area contributed by atoms with Crippen LogP contribution in [0.15, 0.2) is 0 Å². The topological polar surface area (TPSA) is 41.5 Å². The lowest BCUT2D eigenvalue weighted by atomic mass is 9.78. The van der Waals surface area contributed by atoms with Gasteiger partial charge in [-0.2, -0.15) is 0 Å². The van der Waals surface area contributed by atoms with Crippen LogP contribution in [0.4, 0.5) is 0 Å². The van der Waals surface area contributed by atoms with E-state index in [9.17, 15) is 5.11 Å². The molecule has 2 aliphatic heterocycles.